The smallest absolute Gasteiger partial charge is 0.339 e. The number of aliphatic hydroxyl groups excluding tert-OH is 1. The molecule has 1 saturated heterocycles. The third-order valence-electron chi connectivity index (χ3n) is 16.0. The number of rotatable bonds is 6. The summed E-state index contributed by atoms with van der Waals surface area (Å²) < 4.78 is 33.6. The van der Waals surface area contributed by atoms with E-state index in [4.69, 9.17) is 28.4 Å². The van der Waals surface area contributed by atoms with Gasteiger partial charge in [-0.2, -0.15) is 0 Å². The first-order valence-corrected chi connectivity index (χ1v) is 19.8. The monoisotopic (exact) mass is 758 g/mol. The number of aliphatic hydroxyl groups is 1. The normalized spacial score (nSPS) is 46.6. The van der Waals surface area contributed by atoms with Crippen LogP contribution in [0, 0.1) is 50.2 Å². The van der Waals surface area contributed by atoms with Crippen molar-refractivity contribution in [1.29, 1.82) is 0 Å². The summed E-state index contributed by atoms with van der Waals surface area (Å²) in [5.41, 5.74) is -0.738. The summed E-state index contributed by atoms with van der Waals surface area (Å²) in [4.78, 5) is 65.0. The fourth-order valence-corrected chi connectivity index (χ4v) is 12.9. The first-order valence-electron chi connectivity index (χ1n) is 19.8. The van der Waals surface area contributed by atoms with Gasteiger partial charge in [-0.15, -0.1) is 0 Å². The van der Waals surface area contributed by atoms with Crippen LogP contribution < -0.4 is 0 Å². The second-order valence-corrected chi connectivity index (χ2v) is 19.3. The highest BCUT2D eigenvalue weighted by molar-refractivity contribution is 5.95. The van der Waals surface area contributed by atoms with E-state index in [1.807, 2.05) is 13.0 Å². The molecule has 0 spiro atoms. The first-order chi connectivity index (χ1) is 25.0. The van der Waals surface area contributed by atoms with Crippen LogP contribution >= 0.6 is 0 Å². The number of ketones is 1. The van der Waals surface area contributed by atoms with Crippen molar-refractivity contribution in [3.05, 3.63) is 11.6 Å². The Labute approximate surface area is 319 Å². The molecule has 302 valence electrons. The highest BCUT2D eigenvalue weighted by Crippen LogP contribution is 2.75. The summed E-state index contributed by atoms with van der Waals surface area (Å²) in [5.74, 6) is -2.41. The number of hydrogen-bond donors (Lipinski definition) is 1. The van der Waals surface area contributed by atoms with Gasteiger partial charge in [0.05, 0.1) is 25.7 Å². The zero-order chi connectivity index (χ0) is 40.0. The molecule has 14 atom stereocenters. The maximum absolute atomic E-state index is 14.9. The van der Waals surface area contributed by atoms with E-state index in [0.717, 1.165) is 59.5 Å². The number of fused-ring (bicyclic) bond motifs is 7. The number of methoxy groups -OCH3 is 2. The number of allylic oxidation sites excluding steroid dienone is 2. The van der Waals surface area contributed by atoms with Crippen molar-refractivity contribution >= 4 is 29.7 Å². The van der Waals surface area contributed by atoms with Gasteiger partial charge in [0.25, 0.3) is 0 Å². The summed E-state index contributed by atoms with van der Waals surface area (Å²) in [6.45, 7) is 17.9. The molecule has 5 fully saturated rings. The second kappa shape index (κ2) is 13.7. The van der Waals surface area contributed by atoms with E-state index in [0.29, 0.717) is 19.3 Å². The van der Waals surface area contributed by atoms with E-state index < -0.39 is 65.5 Å². The first kappa shape index (κ1) is 40.8. The Morgan fingerprint density at radius 3 is 2.06 bits per heavy atom. The summed E-state index contributed by atoms with van der Waals surface area (Å²) in [6.07, 6.45) is 1.49. The minimum absolute atomic E-state index is 0.0200. The summed E-state index contributed by atoms with van der Waals surface area (Å²) in [6, 6.07) is 0. The van der Waals surface area contributed by atoms with Crippen molar-refractivity contribution in [2.24, 2.45) is 50.2 Å². The predicted octanol–water partition coefficient (Wildman–Crippen LogP) is 5.65. The number of hydrogen-bond acceptors (Lipinski definition) is 12. The van der Waals surface area contributed by atoms with E-state index in [9.17, 15) is 29.1 Å². The van der Waals surface area contributed by atoms with Gasteiger partial charge >= 0.3 is 23.9 Å². The molecule has 0 bridgehead atoms. The molecule has 4 unspecified atom stereocenters. The van der Waals surface area contributed by atoms with Gasteiger partial charge < -0.3 is 33.5 Å². The highest BCUT2D eigenvalue weighted by Gasteiger charge is 2.71. The van der Waals surface area contributed by atoms with Gasteiger partial charge in [-0.25, -0.2) is 4.79 Å². The Bertz CT molecular complexity index is 1600. The molecule has 1 heterocycles. The number of esters is 4. The molecular formula is C42H62O12. The molecule has 12 heteroatoms. The lowest BCUT2D eigenvalue weighted by atomic mass is 9.33. The Kier molecular flexibility index (Phi) is 10.3. The quantitative estimate of drug-likeness (QED) is 0.202. The fourth-order valence-electron chi connectivity index (χ4n) is 12.9. The Morgan fingerprint density at radius 1 is 0.815 bits per heavy atom. The van der Waals surface area contributed by atoms with Crippen LogP contribution in [-0.4, -0.2) is 85.8 Å². The zero-order valence-corrected chi connectivity index (χ0v) is 34.1. The maximum atomic E-state index is 14.9. The molecule has 1 N–H and O–H groups in total. The van der Waals surface area contributed by atoms with Crippen LogP contribution in [-0.2, 0) is 52.4 Å². The van der Waals surface area contributed by atoms with Crippen LogP contribution in [0.4, 0.5) is 0 Å². The average molecular weight is 759 g/mol. The third kappa shape index (κ3) is 6.06. The summed E-state index contributed by atoms with van der Waals surface area (Å²) >= 11 is 0. The SMILES string of the molecule is COC(=O)[C@H]1O[C@@H](OC2CC[C@@]3(C)C(CC[C@]4(C)C3C(=O)C=C3C5C[C@@](C)(C(=O)OC)CC[C@]5(C)CC[C@]34C)C2(C)C)[C@H](O)[C@@H](OC(C)=O)[C@@H]1OC(C)=O. The molecule has 4 saturated carbocycles. The lowest BCUT2D eigenvalue weighted by Crippen LogP contribution is -2.67. The van der Waals surface area contributed by atoms with Gasteiger partial charge in [-0.05, 0) is 110 Å². The van der Waals surface area contributed by atoms with E-state index in [1.165, 1.54) is 12.7 Å². The topological polar surface area (TPSA) is 161 Å². The molecule has 12 nitrogen and oxygen atoms in total. The van der Waals surface area contributed by atoms with E-state index >= 15 is 0 Å². The van der Waals surface area contributed by atoms with Crippen molar-refractivity contribution in [2.45, 2.75) is 157 Å². The van der Waals surface area contributed by atoms with Gasteiger partial charge in [-0.3, -0.25) is 19.2 Å². The lowest BCUT2D eigenvalue weighted by Gasteiger charge is -2.70. The minimum Gasteiger partial charge on any atom is -0.469 e. The van der Waals surface area contributed by atoms with Crippen LogP contribution in [0.5, 0.6) is 0 Å². The molecule has 0 amide bonds. The maximum Gasteiger partial charge on any atom is 0.339 e. The largest absolute Gasteiger partial charge is 0.469 e. The standard InChI is InChI=1S/C42H62O12/c1-22(43)51-30-29(46)35(54-32(34(47)49-10)31(30)52-23(2)44)53-28-13-14-40(7)27(37(28,3)4)12-15-42(9)33(40)26(45)20-24-25-21-39(6,36(48)50-11)17-16-38(25,5)18-19-41(24,42)8/h20,25,27-33,35,46H,12-19,21H2,1-11H3/t25?,27?,28?,29-,30-,31+,32+,33?,35-,38-,39+,40+,41-,42-/m1/s1. The summed E-state index contributed by atoms with van der Waals surface area (Å²) in [5, 5.41) is 11.5. The molecule has 54 heavy (non-hydrogen) atoms. The number of carbonyl (C=O) groups is 5. The van der Waals surface area contributed by atoms with Gasteiger partial charge in [0.15, 0.2) is 30.4 Å². The second-order valence-electron chi connectivity index (χ2n) is 19.3. The fraction of sp³-hybridized carbons (Fsp3) is 0.833. The van der Waals surface area contributed by atoms with Gasteiger partial charge in [0.1, 0.15) is 6.10 Å². The zero-order valence-electron chi connectivity index (χ0n) is 34.1. The van der Waals surface area contributed by atoms with Crippen LogP contribution in [0.25, 0.3) is 0 Å². The molecule has 0 aromatic rings. The van der Waals surface area contributed by atoms with Crippen LogP contribution in [0.1, 0.15) is 120 Å². The van der Waals surface area contributed by atoms with E-state index in [-0.39, 0.29) is 51.2 Å². The van der Waals surface area contributed by atoms with Crippen molar-refractivity contribution in [3.63, 3.8) is 0 Å². The van der Waals surface area contributed by atoms with Crippen molar-refractivity contribution in [2.75, 3.05) is 14.2 Å². The average Bonchev–Trinajstić information content (AvgIpc) is 3.09. The molecule has 1 aliphatic heterocycles. The molecule has 0 aromatic heterocycles. The van der Waals surface area contributed by atoms with Crippen LogP contribution in [0.2, 0.25) is 0 Å². The number of ether oxygens (including phenoxy) is 6. The minimum atomic E-state index is -1.58. The molecular weight excluding hydrogens is 696 g/mol. The summed E-state index contributed by atoms with van der Waals surface area (Å²) in [7, 11) is 2.62. The molecule has 6 aliphatic rings. The molecule has 0 aromatic carbocycles. The lowest BCUT2D eigenvalue weighted by molar-refractivity contribution is -0.325. The predicted molar refractivity (Wildman–Crippen MR) is 194 cm³/mol. The highest BCUT2D eigenvalue weighted by atomic mass is 16.7. The van der Waals surface area contributed by atoms with Crippen molar-refractivity contribution < 1.29 is 57.5 Å². The van der Waals surface area contributed by atoms with Gasteiger partial charge in [0.2, 0.25) is 0 Å². The number of carbonyl (C=O) groups excluding carboxylic acids is 5. The molecule has 6 rings (SSSR count). The van der Waals surface area contributed by atoms with E-state index in [1.54, 1.807) is 0 Å². The van der Waals surface area contributed by atoms with Crippen molar-refractivity contribution in [1.82, 2.24) is 0 Å². The van der Waals surface area contributed by atoms with Crippen molar-refractivity contribution in [3.8, 4) is 0 Å². The molecule has 0 radical (unpaired) electrons. The Morgan fingerprint density at radius 2 is 1.44 bits per heavy atom. The Hall–Kier alpha value is -2.83. The van der Waals surface area contributed by atoms with Gasteiger partial charge in [-0.1, -0.05) is 47.1 Å². The van der Waals surface area contributed by atoms with Crippen LogP contribution in [0.3, 0.4) is 0 Å². The van der Waals surface area contributed by atoms with Crippen LogP contribution in [0.15, 0.2) is 11.6 Å². The molecule has 5 aliphatic carbocycles. The van der Waals surface area contributed by atoms with Gasteiger partial charge in [0, 0.05) is 19.8 Å². The third-order valence-corrected chi connectivity index (χ3v) is 16.0. The Balaban J connectivity index is 1.30. The van der Waals surface area contributed by atoms with E-state index in [2.05, 4.69) is 41.5 Å².